The molecule has 1 aliphatic rings. The Hall–Kier alpha value is -1.51. The summed E-state index contributed by atoms with van der Waals surface area (Å²) in [6.07, 6.45) is 2.41. The van der Waals surface area contributed by atoms with E-state index in [-0.39, 0.29) is 12.5 Å². The molecule has 0 spiro atoms. The fourth-order valence-corrected chi connectivity index (χ4v) is 1.39. The van der Waals surface area contributed by atoms with E-state index < -0.39 is 0 Å². The van der Waals surface area contributed by atoms with Crippen LogP contribution >= 0.6 is 0 Å². The Morgan fingerprint density at radius 2 is 2.06 bits per heavy atom. The average molecular weight is 219 g/mol. The number of benzene rings is 1. The van der Waals surface area contributed by atoms with Gasteiger partial charge in [-0.2, -0.15) is 0 Å². The number of nitrogens with one attached hydrogen (secondary N) is 1. The molecule has 0 bridgehead atoms. The number of hydrogen-bond acceptors (Lipinski definition) is 3. The van der Waals surface area contributed by atoms with Gasteiger partial charge in [0, 0.05) is 5.69 Å². The van der Waals surface area contributed by atoms with Crippen LogP contribution in [0.3, 0.4) is 0 Å². The zero-order chi connectivity index (χ0) is 11.4. The van der Waals surface area contributed by atoms with E-state index in [1.54, 1.807) is 0 Å². The van der Waals surface area contributed by atoms with Crippen molar-refractivity contribution in [3.05, 3.63) is 29.8 Å². The molecule has 1 aromatic carbocycles. The first-order chi connectivity index (χ1) is 7.74. The lowest BCUT2D eigenvalue weighted by Crippen LogP contribution is -2.17. The summed E-state index contributed by atoms with van der Waals surface area (Å²) >= 11 is 0. The average Bonchev–Trinajstić information content (AvgIpc) is 3.09. The number of aryl methyl sites for hydroxylation is 1. The lowest BCUT2D eigenvalue weighted by molar-refractivity contribution is -0.141. The quantitative estimate of drug-likeness (QED) is 0.772. The maximum atomic E-state index is 11.3. The fourth-order valence-electron chi connectivity index (χ4n) is 1.39. The van der Waals surface area contributed by atoms with E-state index in [1.807, 2.05) is 31.2 Å². The molecule has 1 N–H and O–H groups in total. The molecule has 0 saturated heterocycles. The molecule has 86 valence electrons. The third kappa shape index (κ3) is 3.57. The minimum atomic E-state index is -0.174. The minimum absolute atomic E-state index is 0.174. The molecule has 2 rings (SSSR count). The zero-order valence-electron chi connectivity index (χ0n) is 9.53. The van der Waals surface area contributed by atoms with Crippen LogP contribution in [0.15, 0.2) is 24.3 Å². The first kappa shape index (κ1) is 11.0. The normalized spacial score (nSPS) is 14.6. The van der Waals surface area contributed by atoms with E-state index in [4.69, 9.17) is 4.74 Å². The molecular formula is C13H17NO2. The molecule has 0 radical (unpaired) electrons. The molecule has 0 aromatic heterocycles. The van der Waals surface area contributed by atoms with Crippen LogP contribution in [0.2, 0.25) is 0 Å². The summed E-state index contributed by atoms with van der Waals surface area (Å²) in [5.74, 6) is 0.454. The van der Waals surface area contributed by atoms with Gasteiger partial charge in [-0.1, -0.05) is 17.7 Å². The monoisotopic (exact) mass is 219 g/mol. The Kier molecular flexibility index (Phi) is 3.44. The molecule has 3 heteroatoms. The van der Waals surface area contributed by atoms with Gasteiger partial charge in [0.2, 0.25) is 0 Å². The second-order valence-electron chi connectivity index (χ2n) is 4.35. The van der Waals surface area contributed by atoms with E-state index in [1.165, 1.54) is 18.4 Å². The number of hydrogen-bond donors (Lipinski definition) is 1. The Bertz CT molecular complexity index is 355. The van der Waals surface area contributed by atoms with Crippen molar-refractivity contribution in [2.24, 2.45) is 5.92 Å². The molecule has 0 atom stereocenters. The van der Waals surface area contributed by atoms with Gasteiger partial charge < -0.3 is 10.1 Å². The van der Waals surface area contributed by atoms with E-state index in [0.717, 1.165) is 5.69 Å². The van der Waals surface area contributed by atoms with Crippen LogP contribution in [-0.2, 0) is 9.53 Å². The molecule has 3 nitrogen and oxygen atoms in total. The molecule has 16 heavy (non-hydrogen) atoms. The molecule has 0 aliphatic heterocycles. The molecule has 1 aliphatic carbocycles. The Labute approximate surface area is 95.8 Å². The smallest absolute Gasteiger partial charge is 0.325 e. The standard InChI is InChI=1S/C13H17NO2/c1-10-2-6-12(7-3-10)14-8-13(15)16-9-11-4-5-11/h2-3,6-7,11,14H,4-5,8-9H2,1H3. The van der Waals surface area contributed by atoms with E-state index in [0.29, 0.717) is 12.5 Å². The third-order valence-corrected chi connectivity index (χ3v) is 2.67. The summed E-state index contributed by atoms with van der Waals surface area (Å²) in [5, 5.41) is 3.04. The number of ether oxygens (including phenoxy) is 1. The van der Waals surface area contributed by atoms with E-state index in [2.05, 4.69) is 5.32 Å². The van der Waals surface area contributed by atoms with Crippen molar-refractivity contribution in [3.63, 3.8) is 0 Å². The summed E-state index contributed by atoms with van der Waals surface area (Å²) in [6.45, 7) is 2.87. The summed E-state index contributed by atoms with van der Waals surface area (Å²) in [5.41, 5.74) is 2.16. The highest BCUT2D eigenvalue weighted by atomic mass is 16.5. The molecule has 1 saturated carbocycles. The van der Waals surface area contributed by atoms with Crippen molar-refractivity contribution >= 4 is 11.7 Å². The van der Waals surface area contributed by atoms with Crippen molar-refractivity contribution in [1.29, 1.82) is 0 Å². The van der Waals surface area contributed by atoms with Crippen molar-refractivity contribution in [2.45, 2.75) is 19.8 Å². The highest BCUT2D eigenvalue weighted by Crippen LogP contribution is 2.28. The van der Waals surface area contributed by atoms with Gasteiger partial charge in [-0.05, 0) is 37.8 Å². The van der Waals surface area contributed by atoms with Crippen LogP contribution in [0.4, 0.5) is 5.69 Å². The first-order valence-corrected chi connectivity index (χ1v) is 5.70. The number of esters is 1. The van der Waals surface area contributed by atoms with E-state index >= 15 is 0 Å². The summed E-state index contributed by atoms with van der Waals surface area (Å²) < 4.78 is 5.11. The number of carbonyl (C=O) groups excluding carboxylic acids is 1. The highest BCUT2D eigenvalue weighted by molar-refractivity contribution is 5.75. The van der Waals surface area contributed by atoms with Gasteiger partial charge in [0.05, 0.1) is 6.61 Å². The lowest BCUT2D eigenvalue weighted by Gasteiger charge is -2.06. The van der Waals surface area contributed by atoms with Crippen molar-refractivity contribution in [1.82, 2.24) is 0 Å². The van der Waals surface area contributed by atoms with Crippen molar-refractivity contribution in [3.8, 4) is 0 Å². The molecule has 1 aromatic rings. The zero-order valence-corrected chi connectivity index (χ0v) is 9.53. The van der Waals surface area contributed by atoms with Gasteiger partial charge in [0.1, 0.15) is 6.54 Å². The predicted molar refractivity (Wildman–Crippen MR) is 63.4 cm³/mol. The summed E-state index contributed by atoms with van der Waals surface area (Å²) in [7, 11) is 0. The van der Waals surface area contributed by atoms with Crippen LogP contribution in [-0.4, -0.2) is 19.1 Å². The number of rotatable bonds is 5. The number of carbonyl (C=O) groups is 1. The van der Waals surface area contributed by atoms with Crippen LogP contribution < -0.4 is 5.32 Å². The maximum absolute atomic E-state index is 11.3. The fraction of sp³-hybridized carbons (Fsp3) is 0.462. The second kappa shape index (κ2) is 5.01. The first-order valence-electron chi connectivity index (χ1n) is 5.70. The van der Waals surface area contributed by atoms with Crippen molar-refractivity contribution in [2.75, 3.05) is 18.5 Å². The second-order valence-corrected chi connectivity index (χ2v) is 4.35. The SMILES string of the molecule is Cc1ccc(NCC(=O)OCC2CC2)cc1. The summed E-state index contributed by atoms with van der Waals surface area (Å²) in [4.78, 5) is 11.3. The maximum Gasteiger partial charge on any atom is 0.325 e. The predicted octanol–water partition coefficient (Wildman–Crippen LogP) is 2.36. The third-order valence-electron chi connectivity index (χ3n) is 2.67. The lowest BCUT2D eigenvalue weighted by atomic mass is 10.2. The largest absolute Gasteiger partial charge is 0.464 e. The molecule has 0 heterocycles. The van der Waals surface area contributed by atoms with Gasteiger partial charge in [-0.15, -0.1) is 0 Å². The van der Waals surface area contributed by atoms with Gasteiger partial charge >= 0.3 is 5.97 Å². The van der Waals surface area contributed by atoms with Crippen molar-refractivity contribution < 1.29 is 9.53 Å². The number of anilines is 1. The summed E-state index contributed by atoms with van der Waals surface area (Å²) in [6, 6.07) is 7.95. The Balaban J connectivity index is 1.69. The van der Waals surface area contributed by atoms with Crippen LogP contribution in [0.5, 0.6) is 0 Å². The molecule has 1 fully saturated rings. The highest BCUT2D eigenvalue weighted by Gasteiger charge is 2.22. The van der Waals surface area contributed by atoms with Crippen LogP contribution in [0.25, 0.3) is 0 Å². The van der Waals surface area contributed by atoms with Gasteiger partial charge in [-0.25, -0.2) is 0 Å². The Morgan fingerprint density at radius 3 is 2.69 bits per heavy atom. The van der Waals surface area contributed by atoms with Gasteiger partial charge in [0.15, 0.2) is 0 Å². The van der Waals surface area contributed by atoms with E-state index in [9.17, 15) is 4.79 Å². The molecule has 0 amide bonds. The van der Waals surface area contributed by atoms with Crippen LogP contribution in [0, 0.1) is 12.8 Å². The molecular weight excluding hydrogens is 202 g/mol. The topological polar surface area (TPSA) is 38.3 Å². The molecule has 0 unspecified atom stereocenters. The minimum Gasteiger partial charge on any atom is -0.464 e. The van der Waals surface area contributed by atoms with Gasteiger partial charge in [-0.3, -0.25) is 4.79 Å². The van der Waals surface area contributed by atoms with Crippen LogP contribution in [0.1, 0.15) is 18.4 Å². The van der Waals surface area contributed by atoms with Gasteiger partial charge in [0.25, 0.3) is 0 Å². The Morgan fingerprint density at radius 1 is 1.38 bits per heavy atom.